The van der Waals surface area contributed by atoms with Crippen LogP contribution in [0.4, 0.5) is 0 Å². The summed E-state index contributed by atoms with van der Waals surface area (Å²) in [5.41, 5.74) is 5.84. The first-order valence-corrected chi connectivity index (χ1v) is 6.92. The van der Waals surface area contributed by atoms with Gasteiger partial charge >= 0.3 is 0 Å². The highest BCUT2D eigenvalue weighted by molar-refractivity contribution is 5.73. The topological polar surface area (TPSA) is 58.4 Å². The second kappa shape index (κ2) is 5.83. The molecule has 98 valence electrons. The van der Waals surface area contributed by atoms with Gasteiger partial charge in [-0.05, 0) is 38.1 Å². The van der Waals surface area contributed by atoms with Gasteiger partial charge in [0.25, 0.3) is 0 Å². The summed E-state index contributed by atoms with van der Waals surface area (Å²) in [6, 6.07) is 1.10. The van der Waals surface area contributed by atoms with Crippen LogP contribution < -0.4 is 11.1 Å². The van der Waals surface area contributed by atoms with Crippen molar-refractivity contribution in [3.05, 3.63) is 0 Å². The molecule has 0 aromatic rings. The van der Waals surface area contributed by atoms with Crippen molar-refractivity contribution in [1.82, 2.24) is 10.2 Å². The highest BCUT2D eigenvalue weighted by atomic mass is 16.1. The number of carbonyl (C=O) groups is 1. The monoisotopic (exact) mass is 239 g/mol. The van der Waals surface area contributed by atoms with Gasteiger partial charge in [0.15, 0.2) is 0 Å². The predicted octanol–water partition coefficient (Wildman–Crippen LogP) is 0.714. The molecular formula is C13H25N3O. The Morgan fingerprint density at radius 1 is 1.29 bits per heavy atom. The lowest BCUT2D eigenvalue weighted by Crippen LogP contribution is -2.49. The van der Waals surface area contributed by atoms with E-state index in [1.165, 1.54) is 19.3 Å². The number of piperidine rings is 1. The maximum absolute atomic E-state index is 11.0. The molecule has 1 aliphatic heterocycles. The van der Waals surface area contributed by atoms with Crippen LogP contribution in [-0.2, 0) is 4.79 Å². The van der Waals surface area contributed by atoms with Crippen molar-refractivity contribution >= 4 is 5.91 Å². The lowest BCUT2D eigenvalue weighted by molar-refractivity contribution is -0.120. The third-order valence-electron chi connectivity index (χ3n) is 4.33. The third kappa shape index (κ3) is 3.19. The van der Waals surface area contributed by atoms with Crippen molar-refractivity contribution in [1.29, 1.82) is 0 Å². The summed E-state index contributed by atoms with van der Waals surface area (Å²) >= 11 is 0. The van der Waals surface area contributed by atoms with E-state index in [0.29, 0.717) is 18.0 Å². The number of carbonyl (C=O) groups excluding carboxylic acids is 1. The van der Waals surface area contributed by atoms with Gasteiger partial charge in [0.1, 0.15) is 0 Å². The molecule has 2 atom stereocenters. The molecule has 17 heavy (non-hydrogen) atoms. The molecule has 2 unspecified atom stereocenters. The van der Waals surface area contributed by atoms with Gasteiger partial charge in [-0.25, -0.2) is 0 Å². The Morgan fingerprint density at radius 3 is 2.59 bits per heavy atom. The largest absolute Gasteiger partial charge is 0.354 e. The van der Waals surface area contributed by atoms with Gasteiger partial charge in [-0.1, -0.05) is 6.42 Å². The summed E-state index contributed by atoms with van der Waals surface area (Å²) in [7, 11) is 0. The van der Waals surface area contributed by atoms with Crippen LogP contribution >= 0.6 is 0 Å². The third-order valence-corrected chi connectivity index (χ3v) is 4.33. The molecule has 1 heterocycles. The quantitative estimate of drug-likeness (QED) is 0.763. The molecule has 0 spiro atoms. The number of nitrogens with zero attached hydrogens (tertiary/aromatic N) is 1. The minimum Gasteiger partial charge on any atom is -0.354 e. The van der Waals surface area contributed by atoms with E-state index >= 15 is 0 Å². The molecule has 1 amide bonds. The number of likely N-dealkylation sites (tertiary alicyclic amines) is 1. The van der Waals surface area contributed by atoms with E-state index in [0.717, 1.165) is 32.5 Å². The Balaban J connectivity index is 1.80. The molecule has 2 rings (SSSR count). The fraction of sp³-hybridized carbons (Fsp3) is 0.923. The zero-order valence-electron chi connectivity index (χ0n) is 10.8. The van der Waals surface area contributed by atoms with Gasteiger partial charge < -0.3 is 11.1 Å². The van der Waals surface area contributed by atoms with E-state index in [9.17, 15) is 4.79 Å². The first-order chi connectivity index (χ1) is 8.20. The van der Waals surface area contributed by atoms with Crippen LogP contribution in [0.1, 0.15) is 39.0 Å². The molecule has 0 aromatic carbocycles. The normalized spacial score (nSPS) is 31.6. The Hall–Kier alpha value is -0.610. The number of nitrogens with one attached hydrogen (secondary N) is 1. The molecule has 1 saturated heterocycles. The smallest absolute Gasteiger partial charge is 0.217 e. The maximum Gasteiger partial charge on any atom is 0.217 e. The van der Waals surface area contributed by atoms with Gasteiger partial charge in [-0.2, -0.15) is 0 Å². The molecule has 1 saturated carbocycles. The first kappa shape index (κ1) is 12.8. The molecule has 2 fully saturated rings. The summed E-state index contributed by atoms with van der Waals surface area (Å²) < 4.78 is 0. The predicted molar refractivity (Wildman–Crippen MR) is 68.6 cm³/mol. The van der Waals surface area contributed by atoms with Gasteiger partial charge in [-0.3, -0.25) is 9.69 Å². The summed E-state index contributed by atoms with van der Waals surface area (Å²) in [6.45, 7) is 4.67. The zero-order valence-corrected chi connectivity index (χ0v) is 10.8. The van der Waals surface area contributed by atoms with E-state index in [1.807, 2.05) is 0 Å². The minimum absolute atomic E-state index is 0.101. The summed E-state index contributed by atoms with van der Waals surface area (Å²) in [4.78, 5) is 13.6. The van der Waals surface area contributed by atoms with E-state index in [4.69, 9.17) is 5.73 Å². The van der Waals surface area contributed by atoms with Crippen molar-refractivity contribution in [2.24, 2.45) is 11.7 Å². The van der Waals surface area contributed by atoms with E-state index in [-0.39, 0.29) is 5.91 Å². The van der Waals surface area contributed by atoms with Crippen LogP contribution in [-0.4, -0.2) is 42.5 Å². The zero-order chi connectivity index (χ0) is 12.3. The standard InChI is InChI=1S/C13H25N3O/c1-10(17)15-12-5-7-16(8-6-12)13-4-2-3-11(13)9-14/h11-13H,2-9,14H2,1H3,(H,15,17). The van der Waals surface area contributed by atoms with E-state index in [2.05, 4.69) is 10.2 Å². The summed E-state index contributed by atoms with van der Waals surface area (Å²) in [6.07, 6.45) is 6.12. The van der Waals surface area contributed by atoms with E-state index in [1.54, 1.807) is 6.92 Å². The molecule has 0 radical (unpaired) electrons. The first-order valence-electron chi connectivity index (χ1n) is 6.92. The van der Waals surface area contributed by atoms with Crippen molar-refractivity contribution in [3.8, 4) is 0 Å². The lowest BCUT2D eigenvalue weighted by atomic mass is 9.97. The molecule has 3 N–H and O–H groups in total. The van der Waals surface area contributed by atoms with Crippen LogP contribution in [0.5, 0.6) is 0 Å². The molecule has 1 aliphatic carbocycles. The van der Waals surface area contributed by atoms with Crippen molar-refractivity contribution in [2.45, 2.75) is 51.1 Å². The number of nitrogens with two attached hydrogens (primary N) is 1. The highest BCUT2D eigenvalue weighted by Gasteiger charge is 2.33. The Morgan fingerprint density at radius 2 is 2.00 bits per heavy atom. The van der Waals surface area contributed by atoms with Gasteiger partial charge in [0.05, 0.1) is 0 Å². The second-order valence-electron chi connectivity index (χ2n) is 5.50. The second-order valence-corrected chi connectivity index (χ2v) is 5.50. The summed E-state index contributed by atoms with van der Waals surface area (Å²) in [5.74, 6) is 0.802. The number of rotatable bonds is 3. The van der Waals surface area contributed by atoms with Crippen molar-refractivity contribution < 1.29 is 4.79 Å². The fourth-order valence-electron chi connectivity index (χ4n) is 3.44. The Bertz CT molecular complexity index is 261. The van der Waals surface area contributed by atoms with Crippen molar-refractivity contribution in [2.75, 3.05) is 19.6 Å². The van der Waals surface area contributed by atoms with Crippen LogP contribution in [0, 0.1) is 5.92 Å². The summed E-state index contributed by atoms with van der Waals surface area (Å²) in [5, 5.41) is 3.03. The average Bonchev–Trinajstić information content (AvgIpc) is 2.77. The van der Waals surface area contributed by atoms with Gasteiger partial charge in [0, 0.05) is 32.1 Å². The lowest BCUT2D eigenvalue weighted by Gasteiger charge is -2.38. The minimum atomic E-state index is 0.101. The fourth-order valence-corrected chi connectivity index (χ4v) is 3.44. The van der Waals surface area contributed by atoms with Crippen LogP contribution in [0.3, 0.4) is 0 Å². The van der Waals surface area contributed by atoms with Crippen molar-refractivity contribution in [3.63, 3.8) is 0 Å². The van der Waals surface area contributed by atoms with E-state index < -0.39 is 0 Å². The van der Waals surface area contributed by atoms with Gasteiger partial charge in [-0.15, -0.1) is 0 Å². The number of hydrogen-bond acceptors (Lipinski definition) is 3. The molecule has 4 heteroatoms. The van der Waals surface area contributed by atoms with Crippen LogP contribution in [0.2, 0.25) is 0 Å². The average molecular weight is 239 g/mol. The van der Waals surface area contributed by atoms with Gasteiger partial charge in [0.2, 0.25) is 5.91 Å². The molecule has 0 bridgehead atoms. The van der Waals surface area contributed by atoms with Crippen LogP contribution in [0.15, 0.2) is 0 Å². The molecular weight excluding hydrogens is 214 g/mol. The Kier molecular flexibility index (Phi) is 4.40. The number of amides is 1. The number of hydrogen-bond donors (Lipinski definition) is 2. The Labute approximate surface area is 104 Å². The van der Waals surface area contributed by atoms with Crippen LogP contribution in [0.25, 0.3) is 0 Å². The molecule has 0 aromatic heterocycles. The molecule has 2 aliphatic rings. The maximum atomic E-state index is 11.0. The molecule has 4 nitrogen and oxygen atoms in total. The SMILES string of the molecule is CC(=O)NC1CCN(C2CCCC2CN)CC1. The highest BCUT2D eigenvalue weighted by Crippen LogP contribution is 2.30.